The van der Waals surface area contributed by atoms with Crippen LogP contribution in [-0.4, -0.2) is 10.8 Å². The average molecular weight is 288 g/mol. The zero-order valence-corrected chi connectivity index (χ0v) is 10.3. The lowest BCUT2D eigenvalue weighted by Gasteiger charge is -2.05. The van der Waals surface area contributed by atoms with Gasteiger partial charge >= 0.3 is 0 Å². The summed E-state index contributed by atoms with van der Waals surface area (Å²) in [6.45, 7) is 0. The van der Waals surface area contributed by atoms with Gasteiger partial charge in [0.2, 0.25) is 0 Å². The van der Waals surface area contributed by atoms with Crippen LogP contribution in [0.2, 0.25) is 10.3 Å². The summed E-state index contributed by atoms with van der Waals surface area (Å²) in [5.41, 5.74) is -0.438. The second-order valence-corrected chi connectivity index (χ2v) is 4.12. The van der Waals surface area contributed by atoms with Gasteiger partial charge in [-0.3, -0.25) is 4.79 Å². The van der Waals surface area contributed by atoms with E-state index in [0.717, 1.165) is 12.1 Å². The molecule has 0 aliphatic carbocycles. The van der Waals surface area contributed by atoms with E-state index >= 15 is 0 Å². The highest BCUT2D eigenvalue weighted by molar-refractivity contribution is 6.35. The third-order valence-corrected chi connectivity index (χ3v) is 2.80. The van der Waals surface area contributed by atoms with Crippen molar-refractivity contribution in [1.29, 1.82) is 0 Å². The lowest BCUT2D eigenvalue weighted by atomic mass is 10.0. The predicted molar refractivity (Wildman–Crippen MR) is 64.0 cm³/mol. The molecule has 0 unspecified atom stereocenters. The Bertz CT molecular complexity index is 631. The summed E-state index contributed by atoms with van der Waals surface area (Å²) < 4.78 is 26.7. The molecule has 2 nitrogen and oxygen atoms in total. The summed E-state index contributed by atoms with van der Waals surface area (Å²) in [5.74, 6) is -2.35. The van der Waals surface area contributed by atoms with Gasteiger partial charge in [-0.1, -0.05) is 35.3 Å². The highest BCUT2D eigenvalue weighted by atomic mass is 35.5. The number of hydrogen-bond acceptors (Lipinski definition) is 2. The number of nitrogens with zero attached hydrogens (tertiary/aromatic N) is 1. The third-order valence-electron chi connectivity index (χ3n) is 2.25. The van der Waals surface area contributed by atoms with E-state index in [1.165, 1.54) is 18.2 Å². The molecule has 0 spiro atoms. The maximum Gasteiger partial charge on any atom is 0.199 e. The maximum absolute atomic E-state index is 13.4. The van der Waals surface area contributed by atoms with Crippen LogP contribution in [0, 0.1) is 11.6 Å². The van der Waals surface area contributed by atoms with Crippen molar-refractivity contribution >= 4 is 29.0 Å². The summed E-state index contributed by atoms with van der Waals surface area (Å²) in [4.78, 5) is 15.4. The fraction of sp³-hybridized carbons (Fsp3) is 0. The number of pyridine rings is 1. The van der Waals surface area contributed by atoms with Gasteiger partial charge in [0.1, 0.15) is 11.0 Å². The fourth-order valence-corrected chi connectivity index (χ4v) is 1.80. The number of halogens is 4. The SMILES string of the molecule is O=C(c1ccccc1F)c1cc(F)c(Cl)nc1Cl. The van der Waals surface area contributed by atoms with Crippen LogP contribution in [0.1, 0.15) is 15.9 Å². The zero-order valence-electron chi connectivity index (χ0n) is 8.75. The second kappa shape index (κ2) is 5.00. The minimum atomic E-state index is -0.888. The van der Waals surface area contributed by atoms with E-state index in [9.17, 15) is 13.6 Å². The van der Waals surface area contributed by atoms with Crippen LogP contribution in [0.3, 0.4) is 0 Å². The van der Waals surface area contributed by atoms with Crippen molar-refractivity contribution in [2.75, 3.05) is 0 Å². The van der Waals surface area contributed by atoms with Gasteiger partial charge in [-0.15, -0.1) is 0 Å². The van der Waals surface area contributed by atoms with Gasteiger partial charge in [0.15, 0.2) is 16.8 Å². The highest BCUT2D eigenvalue weighted by Gasteiger charge is 2.19. The van der Waals surface area contributed by atoms with Gasteiger partial charge in [0.05, 0.1) is 11.1 Å². The number of hydrogen-bond donors (Lipinski definition) is 0. The molecule has 1 heterocycles. The molecule has 0 saturated carbocycles. The van der Waals surface area contributed by atoms with E-state index in [-0.39, 0.29) is 16.3 Å². The van der Waals surface area contributed by atoms with E-state index in [0.29, 0.717) is 0 Å². The molecule has 0 aliphatic heterocycles. The Kier molecular flexibility index (Phi) is 3.59. The van der Waals surface area contributed by atoms with Crippen molar-refractivity contribution in [2.45, 2.75) is 0 Å². The van der Waals surface area contributed by atoms with Crippen LogP contribution < -0.4 is 0 Å². The number of carbonyl (C=O) groups is 1. The van der Waals surface area contributed by atoms with E-state index < -0.39 is 22.6 Å². The van der Waals surface area contributed by atoms with Crippen LogP contribution >= 0.6 is 23.2 Å². The van der Waals surface area contributed by atoms with Gasteiger partial charge in [-0.05, 0) is 18.2 Å². The minimum absolute atomic E-state index is 0.206. The summed E-state index contributed by atoms with van der Waals surface area (Å²) >= 11 is 11.1. The minimum Gasteiger partial charge on any atom is -0.288 e. The Morgan fingerprint density at radius 2 is 1.67 bits per heavy atom. The molecule has 0 radical (unpaired) electrons. The standard InChI is InChI=1S/C12H5Cl2F2NO/c13-11-7(5-9(16)12(14)17-11)10(18)6-3-1-2-4-8(6)15/h1-5H. The normalized spacial score (nSPS) is 10.4. The number of carbonyl (C=O) groups excluding carboxylic acids is 1. The maximum atomic E-state index is 13.4. The van der Waals surface area contributed by atoms with Crippen molar-refractivity contribution in [1.82, 2.24) is 4.98 Å². The molecule has 18 heavy (non-hydrogen) atoms. The topological polar surface area (TPSA) is 30.0 Å². The van der Waals surface area contributed by atoms with E-state index in [1.54, 1.807) is 0 Å². The molecular weight excluding hydrogens is 283 g/mol. The van der Waals surface area contributed by atoms with Crippen LogP contribution in [0.15, 0.2) is 30.3 Å². The molecule has 0 atom stereocenters. The smallest absolute Gasteiger partial charge is 0.199 e. The molecule has 1 aromatic heterocycles. The molecule has 1 aromatic carbocycles. The molecule has 2 rings (SSSR count). The molecule has 92 valence electrons. The van der Waals surface area contributed by atoms with Crippen molar-refractivity contribution in [3.63, 3.8) is 0 Å². The Morgan fingerprint density at radius 3 is 2.33 bits per heavy atom. The van der Waals surface area contributed by atoms with Gasteiger partial charge in [0, 0.05) is 0 Å². The lowest BCUT2D eigenvalue weighted by molar-refractivity contribution is 0.103. The molecule has 2 aromatic rings. The van der Waals surface area contributed by atoms with Gasteiger partial charge in [0.25, 0.3) is 0 Å². The first kappa shape index (κ1) is 12.9. The molecule has 0 aliphatic rings. The third kappa shape index (κ3) is 2.35. The fourth-order valence-electron chi connectivity index (χ4n) is 1.40. The van der Waals surface area contributed by atoms with E-state index in [1.807, 2.05) is 0 Å². The molecule has 0 N–H and O–H groups in total. The molecule has 0 amide bonds. The monoisotopic (exact) mass is 287 g/mol. The number of rotatable bonds is 2. The summed E-state index contributed by atoms with van der Waals surface area (Å²) in [6.07, 6.45) is 0. The molecule has 0 bridgehead atoms. The van der Waals surface area contributed by atoms with Crippen molar-refractivity contribution in [2.24, 2.45) is 0 Å². The average Bonchev–Trinajstić information content (AvgIpc) is 2.33. The van der Waals surface area contributed by atoms with E-state index in [2.05, 4.69) is 4.98 Å². The number of aromatic nitrogens is 1. The molecular formula is C12H5Cl2F2NO. The van der Waals surface area contributed by atoms with Gasteiger partial charge in [-0.25, -0.2) is 13.8 Å². The van der Waals surface area contributed by atoms with Gasteiger partial charge in [-0.2, -0.15) is 0 Å². The predicted octanol–water partition coefficient (Wildman–Crippen LogP) is 3.90. The first-order valence-electron chi connectivity index (χ1n) is 4.81. The highest BCUT2D eigenvalue weighted by Crippen LogP contribution is 2.23. The van der Waals surface area contributed by atoms with Crippen LogP contribution in [0.4, 0.5) is 8.78 Å². The van der Waals surface area contributed by atoms with Crippen molar-refractivity contribution < 1.29 is 13.6 Å². The Balaban J connectivity index is 2.53. The first-order chi connectivity index (χ1) is 8.50. The Morgan fingerprint density at radius 1 is 1.00 bits per heavy atom. The summed E-state index contributed by atoms with van der Waals surface area (Å²) in [6, 6.07) is 6.17. The summed E-state index contributed by atoms with van der Waals surface area (Å²) in [7, 11) is 0. The lowest BCUT2D eigenvalue weighted by Crippen LogP contribution is -2.06. The largest absolute Gasteiger partial charge is 0.288 e. The molecule has 0 fully saturated rings. The van der Waals surface area contributed by atoms with Crippen LogP contribution in [-0.2, 0) is 0 Å². The zero-order chi connectivity index (χ0) is 13.3. The summed E-state index contributed by atoms with van der Waals surface area (Å²) in [5, 5.41) is -0.709. The molecule has 6 heteroatoms. The number of ketones is 1. The van der Waals surface area contributed by atoms with Gasteiger partial charge < -0.3 is 0 Å². The number of benzene rings is 1. The molecule has 0 saturated heterocycles. The van der Waals surface area contributed by atoms with Crippen molar-refractivity contribution in [3.8, 4) is 0 Å². The Hall–Kier alpha value is -1.52. The van der Waals surface area contributed by atoms with Crippen LogP contribution in [0.5, 0.6) is 0 Å². The van der Waals surface area contributed by atoms with Crippen molar-refractivity contribution in [3.05, 3.63) is 63.4 Å². The quantitative estimate of drug-likeness (QED) is 0.619. The second-order valence-electron chi connectivity index (χ2n) is 3.41. The Labute approximate surface area is 111 Å². The van der Waals surface area contributed by atoms with E-state index in [4.69, 9.17) is 23.2 Å². The first-order valence-corrected chi connectivity index (χ1v) is 5.57. The van der Waals surface area contributed by atoms with Crippen LogP contribution in [0.25, 0.3) is 0 Å².